The van der Waals surface area contributed by atoms with Crippen molar-refractivity contribution < 1.29 is 0 Å². The number of aryl methyl sites for hydroxylation is 1. The number of hydrogen-bond donors (Lipinski definition) is 1. The van der Waals surface area contributed by atoms with Gasteiger partial charge in [-0.3, -0.25) is 4.57 Å². The van der Waals surface area contributed by atoms with E-state index < -0.39 is 0 Å². The zero-order chi connectivity index (χ0) is 13.6. The summed E-state index contributed by atoms with van der Waals surface area (Å²) >= 11 is 9.73. The third kappa shape index (κ3) is 2.11. The predicted octanol–water partition coefficient (Wildman–Crippen LogP) is 4.33. The topological polar surface area (TPSA) is 43.8 Å². The average Bonchev–Trinajstić information content (AvgIpc) is 2.65. The highest BCUT2D eigenvalue weighted by atomic mass is 79.9. The van der Waals surface area contributed by atoms with Crippen molar-refractivity contribution in [2.24, 2.45) is 0 Å². The number of benzene rings is 2. The molecule has 0 spiro atoms. The Balaban J connectivity index is 2.33. The Labute approximate surface area is 124 Å². The molecule has 3 aromatic rings. The molecular weight excluding hydrogens is 326 g/mol. The summed E-state index contributed by atoms with van der Waals surface area (Å²) in [5.74, 6) is 0.879. The molecule has 2 aromatic carbocycles. The summed E-state index contributed by atoms with van der Waals surface area (Å²) in [6.45, 7) is 1.95. The Morgan fingerprint density at radius 3 is 2.74 bits per heavy atom. The van der Waals surface area contributed by atoms with Crippen molar-refractivity contribution in [2.75, 3.05) is 5.73 Å². The van der Waals surface area contributed by atoms with Gasteiger partial charge in [0.25, 0.3) is 0 Å². The molecule has 0 atom stereocenters. The SMILES string of the molecule is Cc1nc2cc(N)ccc2n1-c1ccc(Br)cc1Cl. The normalized spacial score (nSPS) is 11.1. The van der Waals surface area contributed by atoms with Gasteiger partial charge in [-0.1, -0.05) is 27.5 Å². The van der Waals surface area contributed by atoms with E-state index in [0.29, 0.717) is 10.7 Å². The van der Waals surface area contributed by atoms with Gasteiger partial charge in [-0.15, -0.1) is 0 Å². The fourth-order valence-corrected chi connectivity index (χ4v) is 2.94. The molecule has 5 heteroatoms. The molecule has 3 rings (SSSR count). The Morgan fingerprint density at radius 1 is 1.21 bits per heavy atom. The fraction of sp³-hybridized carbons (Fsp3) is 0.0714. The van der Waals surface area contributed by atoms with E-state index in [0.717, 1.165) is 27.0 Å². The van der Waals surface area contributed by atoms with Crippen LogP contribution in [0.2, 0.25) is 5.02 Å². The summed E-state index contributed by atoms with van der Waals surface area (Å²) in [7, 11) is 0. The number of nitrogens with zero attached hydrogens (tertiary/aromatic N) is 2. The van der Waals surface area contributed by atoms with E-state index >= 15 is 0 Å². The van der Waals surface area contributed by atoms with Gasteiger partial charge in [-0.25, -0.2) is 4.98 Å². The third-order valence-corrected chi connectivity index (χ3v) is 3.79. The monoisotopic (exact) mass is 335 g/mol. The molecule has 1 aromatic heterocycles. The highest BCUT2D eigenvalue weighted by Crippen LogP contribution is 2.29. The zero-order valence-corrected chi connectivity index (χ0v) is 12.5. The number of aromatic nitrogens is 2. The maximum Gasteiger partial charge on any atom is 0.111 e. The number of fused-ring (bicyclic) bond motifs is 1. The van der Waals surface area contributed by atoms with E-state index in [2.05, 4.69) is 20.9 Å². The summed E-state index contributed by atoms with van der Waals surface area (Å²) in [5.41, 5.74) is 9.28. The highest BCUT2D eigenvalue weighted by molar-refractivity contribution is 9.10. The van der Waals surface area contributed by atoms with Crippen molar-refractivity contribution >= 4 is 44.3 Å². The maximum atomic E-state index is 6.32. The summed E-state index contributed by atoms with van der Waals surface area (Å²) in [5, 5.41) is 0.675. The van der Waals surface area contributed by atoms with Gasteiger partial charge in [-0.2, -0.15) is 0 Å². The second kappa shape index (κ2) is 4.54. The van der Waals surface area contributed by atoms with Crippen LogP contribution in [0.1, 0.15) is 5.82 Å². The molecule has 96 valence electrons. The van der Waals surface area contributed by atoms with E-state index in [4.69, 9.17) is 17.3 Å². The summed E-state index contributed by atoms with van der Waals surface area (Å²) in [6.07, 6.45) is 0. The molecule has 0 aliphatic heterocycles. The second-order valence-electron chi connectivity index (χ2n) is 4.34. The van der Waals surface area contributed by atoms with Gasteiger partial charge in [0.15, 0.2) is 0 Å². The Hall–Kier alpha value is -1.52. The van der Waals surface area contributed by atoms with E-state index in [-0.39, 0.29) is 0 Å². The van der Waals surface area contributed by atoms with Gasteiger partial charge in [0.2, 0.25) is 0 Å². The molecule has 19 heavy (non-hydrogen) atoms. The van der Waals surface area contributed by atoms with Crippen LogP contribution < -0.4 is 5.73 Å². The van der Waals surface area contributed by atoms with Crippen LogP contribution >= 0.6 is 27.5 Å². The standard InChI is InChI=1S/C14H11BrClN3/c1-8-18-12-7-10(17)3-5-14(12)19(8)13-4-2-9(15)6-11(13)16/h2-7H,17H2,1H3. The van der Waals surface area contributed by atoms with E-state index in [9.17, 15) is 0 Å². The van der Waals surface area contributed by atoms with Crippen LogP contribution in [0.25, 0.3) is 16.7 Å². The van der Waals surface area contributed by atoms with Crippen molar-refractivity contribution in [2.45, 2.75) is 6.92 Å². The lowest BCUT2D eigenvalue weighted by molar-refractivity contribution is 1.00. The average molecular weight is 337 g/mol. The molecule has 0 radical (unpaired) electrons. The quantitative estimate of drug-likeness (QED) is 0.672. The molecule has 0 aliphatic carbocycles. The molecule has 1 heterocycles. The first-order valence-electron chi connectivity index (χ1n) is 5.76. The van der Waals surface area contributed by atoms with E-state index in [1.807, 2.05) is 47.9 Å². The molecule has 0 amide bonds. The molecule has 0 saturated carbocycles. The van der Waals surface area contributed by atoms with Gasteiger partial charge < -0.3 is 5.73 Å². The number of nitrogens with two attached hydrogens (primary N) is 1. The number of nitrogen functional groups attached to an aromatic ring is 1. The first-order valence-corrected chi connectivity index (χ1v) is 6.93. The number of halogens is 2. The zero-order valence-electron chi connectivity index (χ0n) is 10.2. The van der Waals surface area contributed by atoms with Crippen LogP contribution in [0, 0.1) is 6.92 Å². The van der Waals surface area contributed by atoms with Crippen LogP contribution in [-0.2, 0) is 0 Å². The summed E-state index contributed by atoms with van der Waals surface area (Å²) in [4.78, 5) is 4.53. The van der Waals surface area contributed by atoms with Crippen molar-refractivity contribution in [3.05, 3.63) is 51.7 Å². The Morgan fingerprint density at radius 2 is 2.00 bits per heavy atom. The Bertz CT molecular complexity index is 780. The molecule has 0 unspecified atom stereocenters. The molecule has 0 fully saturated rings. The molecule has 3 nitrogen and oxygen atoms in total. The lowest BCUT2D eigenvalue weighted by Gasteiger charge is -2.09. The maximum absolute atomic E-state index is 6.32. The minimum atomic E-state index is 0.675. The molecule has 0 aliphatic rings. The minimum Gasteiger partial charge on any atom is -0.399 e. The fourth-order valence-electron chi connectivity index (χ4n) is 2.18. The van der Waals surface area contributed by atoms with Gasteiger partial charge in [0, 0.05) is 10.2 Å². The highest BCUT2D eigenvalue weighted by Gasteiger charge is 2.12. The lowest BCUT2D eigenvalue weighted by atomic mass is 10.2. The predicted molar refractivity (Wildman–Crippen MR) is 82.9 cm³/mol. The van der Waals surface area contributed by atoms with Crippen molar-refractivity contribution in [3.8, 4) is 5.69 Å². The summed E-state index contributed by atoms with van der Waals surface area (Å²) < 4.78 is 2.98. The first-order chi connectivity index (χ1) is 9.06. The van der Waals surface area contributed by atoms with Crippen LogP contribution in [0.5, 0.6) is 0 Å². The number of rotatable bonds is 1. The summed E-state index contributed by atoms with van der Waals surface area (Å²) in [6, 6.07) is 11.5. The van der Waals surface area contributed by atoms with Gasteiger partial charge >= 0.3 is 0 Å². The first kappa shape index (κ1) is 12.5. The van der Waals surface area contributed by atoms with Crippen molar-refractivity contribution in [3.63, 3.8) is 0 Å². The van der Waals surface area contributed by atoms with Gasteiger partial charge in [0.05, 0.1) is 21.7 Å². The van der Waals surface area contributed by atoms with Gasteiger partial charge in [0.1, 0.15) is 5.82 Å². The lowest BCUT2D eigenvalue weighted by Crippen LogP contribution is -1.97. The van der Waals surface area contributed by atoms with Crippen LogP contribution in [0.3, 0.4) is 0 Å². The smallest absolute Gasteiger partial charge is 0.111 e. The number of imidazole rings is 1. The largest absolute Gasteiger partial charge is 0.399 e. The van der Waals surface area contributed by atoms with Crippen LogP contribution in [0.15, 0.2) is 40.9 Å². The molecule has 2 N–H and O–H groups in total. The van der Waals surface area contributed by atoms with Crippen molar-refractivity contribution in [1.29, 1.82) is 0 Å². The minimum absolute atomic E-state index is 0.675. The Kier molecular flexibility index (Phi) is 2.99. The van der Waals surface area contributed by atoms with Gasteiger partial charge in [-0.05, 0) is 43.3 Å². The van der Waals surface area contributed by atoms with Crippen molar-refractivity contribution in [1.82, 2.24) is 9.55 Å². The van der Waals surface area contributed by atoms with E-state index in [1.54, 1.807) is 0 Å². The number of hydrogen-bond acceptors (Lipinski definition) is 2. The number of anilines is 1. The molecule has 0 saturated heterocycles. The van der Waals surface area contributed by atoms with Crippen LogP contribution in [-0.4, -0.2) is 9.55 Å². The third-order valence-electron chi connectivity index (χ3n) is 3.00. The molecular formula is C14H11BrClN3. The molecule has 0 bridgehead atoms. The van der Waals surface area contributed by atoms with E-state index in [1.165, 1.54) is 0 Å². The second-order valence-corrected chi connectivity index (χ2v) is 5.66. The van der Waals surface area contributed by atoms with Crippen LogP contribution in [0.4, 0.5) is 5.69 Å².